The Morgan fingerprint density at radius 2 is 1.89 bits per heavy atom. The van der Waals surface area contributed by atoms with Gasteiger partial charge in [0.15, 0.2) is 0 Å². The van der Waals surface area contributed by atoms with Gasteiger partial charge in [-0.1, -0.05) is 18.2 Å². The van der Waals surface area contributed by atoms with Crippen LogP contribution in [0.2, 0.25) is 0 Å². The molecule has 0 heterocycles. The minimum absolute atomic E-state index is 0.104. The topological polar surface area (TPSA) is 75.6 Å². The Morgan fingerprint density at radius 1 is 1.26 bits per heavy atom. The average molecular weight is 265 g/mol. The first-order chi connectivity index (χ1) is 8.92. The second-order valence-electron chi connectivity index (χ2n) is 4.88. The predicted octanol–water partition coefficient (Wildman–Crippen LogP) is 1.68. The van der Waals surface area contributed by atoms with Crippen LogP contribution in [0.4, 0.5) is 0 Å². The molecule has 0 fully saturated rings. The van der Waals surface area contributed by atoms with Crippen LogP contribution in [0, 0.1) is 5.41 Å². The molecule has 0 aliphatic carbocycles. The first kappa shape index (κ1) is 15.0. The van der Waals surface area contributed by atoms with Crippen LogP contribution in [-0.4, -0.2) is 30.1 Å². The maximum absolute atomic E-state index is 11.5. The third kappa shape index (κ3) is 5.42. The lowest BCUT2D eigenvalue weighted by molar-refractivity contribution is -0.146. The van der Waals surface area contributed by atoms with E-state index in [1.165, 1.54) is 0 Å². The van der Waals surface area contributed by atoms with Crippen molar-refractivity contribution < 1.29 is 19.4 Å². The first-order valence-electron chi connectivity index (χ1n) is 6.10. The quantitative estimate of drug-likeness (QED) is 0.786. The first-order valence-corrected chi connectivity index (χ1v) is 6.10. The highest BCUT2D eigenvalue weighted by Crippen LogP contribution is 2.13. The molecule has 5 nitrogen and oxygen atoms in total. The van der Waals surface area contributed by atoms with Crippen LogP contribution in [-0.2, 0) is 9.59 Å². The van der Waals surface area contributed by atoms with Gasteiger partial charge in [0, 0.05) is 6.54 Å². The Kier molecular flexibility index (Phi) is 5.36. The standard InChI is InChI=1S/C14H19NO4/c1-14(2,13(17)18)10-15-12(16)8-9-19-11-6-4-3-5-7-11/h3-7H,8-10H2,1-2H3,(H,15,16)(H,17,18). The van der Waals surface area contributed by atoms with Crippen LogP contribution >= 0.6 is 0 Å². The number of benzene rings is 1. The van der Waals surface area contributed by atoms with Crippen molar-refractivity contribution in [3.63, 3.8) is 0 Å². The second-order valence-corrected chi connectivity index (χ2v) is 4.88. The van der Waals surface area contributed by atoms with Crippen LogP contribution < -0.4 is 10.1 Å². The normalized spacial score (nSPS) is 10.8. The van der Waals surface area contributed by atoms with E-state index in [9.17, 15) is 9.59 Å². The molecule has 1 aromatic carbocycles. The minimum atomic E-state index is -0.962. The van der Waals surface area contributed by atoms with Crippen LogP contribution in [0.15, 0.2) is 30.3 Å². The van der Waals surface area contributed by atoms with Gasteiger partial charge in [0.1, 0.15) is 5.75 Å². The molecule has 5 heteroatoms. The number of carboxylic acids is 1. The van der Waals surface area contributed by atoms with Crippen LogP contribution in [0.5, 0.6) is 5.75 Å². The van der Waals surface area contributed by atoms with Crippen molar-refractivity contribution >= 4 is 11.9 Å². The smallest absolute Gasteiger partial charge is 0.310 e. The highest BCUT2D eigenvalue weighted by molar-refractivity contribution is 5.78. The Hall–Kier alpha value is -2.04. The summed E-state index contributed by atoms with van der Waals surface area (Å²) in [6.07, 6.45) is 0.199. The summed E-state index contributed by atoms with van der Waals surface area (Å²) in [6.45, 7) is 3.50. The number of nitrogens with one attached hydrogen (secondary N) is 1. The summed E-state index contributed by atoms with van der Waals surface area (Å²) in [5.41, 5.74) is -0.962. The van der Waals surface area contributed by atoms with Crippen molar-refractivity contribution in [2.24, 2.45) is 5.41 Å². The SMILES string of the molecule is CC(C)(CNC(=O)CCOc1ccccc1)C(=O)O. The van der Waals surface area contributed by atoms with Crippen LogP contribution in [0.1, 0.15) is 20.3 Å². The van der Waals surface area contributed by atoms with E-state index in [0.29, 0.717) is 5.75 Å². The van der Waals surface area contributed by atoms with Gasteiger partial charge in [-0.3, -0.25) is 9.59 Å². The Morgan fingerprint density at radius 3 is 2.47 bits per heavy atom. The van der Waals surface area contributed by atoms with Gasteiger partial charge in [0.05, 0.1) is 18.4 Å². The molecule has 0 atom stereocenters. The van der Waals surface area contributed by atoms with E-state index in [0.717, 1.165) is 0 Å². The molecule has 2 N–H and O–H groups in total. The number of carbonyl (C=O) groups is 2. The molecule has 104 valence electrons. The zero-order valence-corrected chi connectivity index (χ0v) is 11.2. The molecular weight excluding hydrogens is 246 g/mol. The van der Waals surface area contributed by atoms with Gasteiger partial charge in [0.25, 0.3) is 0 Å². The molecule has 0 bridgehead atoms. The Balaban J connectivity index is 2.24. The summed E-state index contributed by atoms with van der Waals surface area (Å²) in [5, 5.41) is 11.5. The highest BCUT2D eigenvalue weighted by atomic mass is 16.5. The van der Waals surface area contributed by atoms with E-state index in [1.54, 1.807) is 13.8 Å². The molecule has 0 spiro atoms. The Bertz CT molecular complexity index is 428. The lowest BCUT2D eigenvalue weighted by Gasteiger charge is -2.19. The zero-order valence-electron chi connectivity index (χ0n) is 11.2. The Labute approximate surface area is 112 Å². The van der Waals surface area contributed by atoms with Crippen molar-refractivity contribution in [3.8, 4) is 5.75 Å². The zero-order chi connectivity index (χ0) is 14.3. The number of hydrogen-bond donors (Lipinski definition) is 2. The molecule has 0 saturated carbocycles. The third-order valence-electron chi connectivity index (χ3n) is 2.65. The molecule has 0 aliphatic rings. The fourth-order valence-electron chi connectivity index (χ4n) is 1.26. The fourth-order valence-corrected chi connectivity index (χ4v) is 1.26. The lowest BCUT2D eigenvalue weighted by atomic mass is 9.94. The molecule has 19 heavy (non-hydrogen) atoms. The monoisotopic (exact) mass is 265 g/mol. The number of carboxylic acid groups (broad SMARTS) is 1. The molecular formula is C14H19NO4. The maximum atomic E-state index is 11.5. The number of ether oxygens (including phenoxy) is 1. The summed E-state index contributed by atoms with van der Waals surface area (Å²) >= 11 is 0. The van der Waals surface area contributed by atoms with Crippen LogP contribution in [0.25, 0.3) is 0 Å². The molecule has 0 aliphatic heterocycles. The molecule has 0 aromatic heterocycles. The summed E-state index contributed by atoms with van der Waals surface area (Å²) in [4.78, 5) is 22.4. The molecule has 1 aromatic rings. The van der Waals surface area contributed by atoms with E-state index in [1.807, 2.05) is 30.3 Å². The number of amides is 1. The predicted molar refractivity (Wildman–Crippen MR) is 71.0 cm³/mol. The van der Waals surface area contributed by atoms with Gasteiger partial charge >= 0.3 is 5.97 Å². The second kappa shape index (κ2) is 6.78. The number of carbonyl (C=O) groups excluding carboxylic acids is 1. The van der Waals surface area contributed by atoms with E-state index < -0.39 is 11.4 Å². The number of aliphatic carboxylic acids is 1. The number of para-hydroxylation sites is 1. The molecule has 1 rings (SSSR count). The summed E-state index contributed by atoms with van der Waals surface area (Å²) < 4.78 is 5.38. The van der Waals surface area contributed by atoms with Gasteiger partial charge in [-0.05, 0) is 26.0 Å². The van der Waals surface area contributed by atoms with Crippen molar-refractivity contribution in [3.05, 3.63) is 30.3 Å². The van der Waals surface area contributed by atoms with Gasteiger partial charge in [-0.15, -0.1) is 0 Å². The van der Waals surface area contributed by atoms with Gasteiger partial charge < -0.3 is 15.2 Å². The summed E-state index contributed by atoms with van der Waals surface area (Å²) in [5.74, 6) is -0.445. The lowest BCUT2D eigenvalue weighted by Crippen LogP contribution is -2.39. The highest BCUT2D eigenvalue weighted by Gasteiger charge is 2.27. The van der Waals surface area contributed by atoms with E-state index >= 15 is 0 Å². The van der Waals surface area contributed by atoms with Gasteiger partial charge in [0.2, 0.25) is 5.91 Å². The summed E-state index contributed by atoms with van der Waals surface area (Å²) in [7, 11) is 0. The third-order valence-corrected chi connectivity index (χ3v) is 2.65. The van der Waals surface area contributed by atoms with E-state index in [2.05, 4.69) is 5.32 Å². The van der Waals surface area contributed by atoms with Gasteiger partial charge in [-0.2, -0.15) is 0 Å². The van der Waals surface area contributed by atoms with E-state index in [4.69, 9.17) is 9.84 Å². The van der Waals surface area contributed by atoms with Crippen molar-refractivity contribution in [2.75, 3.05) is 13.2 Å². The largest absolute Gasteiger partial charge is 0.493 e. The number of rotatable bonds is 7. The van der Waals surface area contributed by atoms with Crippen molar-refractivity contribution in [1.29, 1.82) is 0 Å². The molecule has 0 unspecified atom stereocenters. The van der Waals surface area contributed by atoms with E-state index in [-0.39, 0.29) is 25.5 Å². The average Bonchev–Trinajstić information content (AvgIpc) is 2.37. The molecule has 1 amide bonds. The maximum Gasteiger partial charge on any atom is 0.310 e. The van der Waals surface area contributed by atoms with Gasteiger partial charge in [-0.25, -0.2) is 0 Å². The fraction of sp³-hybridized carbons (Fsp3) is 0.429. The molecule has 0 saturated heterocycles. The van der Waals surface area contributed by atoms with Crippen LogP contribution in [0.3, 0.4) is 0 Å². The summed E-state index contributed by atoms with van der Waals surface area (Å²) in [6, 6.07) is 9.21. The van der Waals surface area contributed by atoms with Crippen molar-refractivity contribution in [1.82, 2.24) is 5.32 Å². The number of hydrogen-bond acceptors (Lipinski definition) is 3. The minimum Gasteiger partial charge on any atom is -0.493 e. The molecule has 0 radical (unpaired) electrons. The van der Waals surface area contributed by atoms with Crippen molar-refractivity contribution in [2.45, 2.75) is 20.3 Å².